The lowest BCUT2D eigenvalue weighted by Gasteiger charge is -2.02. The van der Waals surface area contributed by atoms with Gasteiger partial charge in [-0.2, -0.15) is 0 Å². The Bertz CT molecular complexity index is 141. The molecule has 0 aromatic heterocycles. The van der Waals surface area contributed by atoms with E-state index >= 15 is 0 Å². The molecule has 1 atom stereocenters. The Morgan fingerprint density at radius 1 is 1.60 bits per heavy atom. The summed E-state index contributed by atoms with van der Waals surface area (Å²) in [6.07, 6.45) is -0.131. The Kier molecular flexibility index (Phi) is 4.11. The second-order valence-electron chi connectivity index (χ2n) is 1.70. The second-order valence-corrected chi connectivity index (χ2v) is 1.70. The van der Waals surface area contributed by atoms with E-state index in [1.165, 1.54) is 6.92 Å². The van der Waals surface area contributed by atoms with Crippen LogP contribution in [-0.4, -0.2) is 24.6 Å². The number of hydrogen-bond acceptors (Lipinski definition) is 4. The highest BCUT2D eigenvalue weighted by molar-refractivity contribution is 5.84. The van der Waals surface area contributed by atoms with Crippen molar-refractivity contribution in [3.63, 3.8) is 0 Å². The van der Waals surface area contributed by atoms with Crippen molar-refractivity contribution in [3.05, 3.63) is 0 Å². The summed E-state index contributed by atoms with van der Waals surface area (Å²) in [4.78, 5) is 30.0. The van der Waals surface area contributed by atoms with Crippen molar-refractivity contribution < 1.29 is 19.1 Å². The number of ether oxygens (including phenoxy) is 1. The molecule has 0 radical (unpaired) electrons. The fourth-order valence-electron chi connectivity index (χ4n) is 0.351. The molecule has 0 aromatic carbocycles. The van der Waals surface area contributed by atoms with Crippen molar-refractivity contribution in [2.45, 2.75) is 19.4 Å². The summed E-state index contributed by atoms with van der Waals surface area (Å²) in [5.74, 6) is -0.672. The molecule has 0 rings (SSSR count). The first-order chi connectivity index (χ1) is 4.70. The van der Waals surface area contributed by atoms with Gasteiger partial charge in [-0.25, -0.2) is 0 Å². The van der Waals surface area contributed by atoms with Gasteiger partial charge in [0, 0.05) is 0 Å². The van der Waals surface area contributed by atoms with E-state index in [0.717, 1.165) is 0 Å². The van der Waals surface area contributed by atoms with E-state index in [0.29, 0.717) is 12.6 Å². The summed E-state index contributed by atoms with van der Waals surface area (Å²) >= 11 is 0. The minimum absolute atomic E-state index is 0.293. The molecule has 0 aliphatic rings. The van der Waals surface area contributed by atoms with E-state index in [4.69, 9.17) is 0 Å². The Morgan fingerprint density at radius 3 is 2.60 bits per heavy atom. The zero-order valence-corrected chi connectivity index (χ0v) is 5.57. The SMILES string of the molecule is CC(C=O)OC(=O)CC=O. The fraction of sp³-hybridized carbons (Fsp3) is 0.500. The maximum Gasteiger partial charge on any atom is 0.313 e. The monoisotopic (exact) mass is 144 g/mol. The first kappa shape index (κ1) is 8.81. The molecule has 10 heavy (non-hydrogen) atoms. The molecule has 0 spiro atoms. The molecule has 0 fully saturated rings. The molecule has 56 valence electrons. The average molecular weight is 144 g/mol. The van der Waals surface area contributed by atoms with Gasteiger partial charge in [0.25, 0.3) is 0 Å². The van der Waals surface area contributed by atoms with Crippen molar-refractivity contribution >= 4 is 18.5 Å². The molecular weight excluding hydrogens is 136 g/mol. The third kappa shape index (κ3) is 3.77. The van der Waals surface area contributed by atoms with Gasteiger partial charge in [-0.1, -0.05) is 0 Å². The lowest BCUT2D eigenvalue weighted by atomic mass is 10.4. The van der Waals surface area contributed by atoms with Gasteiger partial charge in [0.15, 0.2) is 12.4 Å². The number of carbonyl (C=O) groups excluding carboxylic acids is 3. The van der Waals surface area contributed by atoms with E-state index in [9.17, 15) is 14.4 Å². The normalized spacial score (nSPS) is 11.7. The summed E-state index contributed by atoms with van der Waals surface area (Å²) in [5.41, 5.74) is 0. The molecule has 0 saturated heterocycles. The van der Waals surface area contributed by atoms with Crippen LogP contribution in [0.15, 0.2) is 0 Å². The maximum absolute atomic E-state index is 10.4. The number of esters is 1. The molecule has 0 heterocycles. The number of rotatable bonds is 4. The van der Waals surface area contributed by atoms with Crippen LogP contribution in [0.5, 0.6) is 0 Å². The summed E-state index contributed by atoms with van der Waals surface area (Å²) in [6, 6.07) is 0. The van der Waals surface area contributed by atoms with Crippen LogP contribution in [0.1, 0.15) is 13.3 Å². The molecule has 1 unspecified atom stereocenters. The molecule has 0 aromatic rings. The van der Waals surface area contributed by atoms with Crippen LogP contribution in [0.3, 0.4) is 0 Å². The molecule has 0 aliphatic heterocycles. The highest BCUT2D eigenvalue weighted by Crippen LogP contribution is 1.88. The summed E-state index contributed by atoms with van der Waals surface area (Å²) in [5, 5.41) is 0. The fourth-order valence-corrected chi connectivity index (χ4v) is 0.351. The zero-order chi connectivity index (χ0) is 7.98. The first-order valence-corrected chi connectivity index (χ1v) is 2.79. The van der Waals surface area contributed by atoms with Gasteiger partial charge < -0.3 is 9.53 Å². The molecule has 0 aliphatic carbocycles. The maximum atomic E-state index is 10.4. The molecular formula is C6H8O4. The van der Waals surface area contributed by atoms with Crippen molar-refractivity contribution in [1.29, 1.82) is 0 Å². The highest BCUT2D eigenvalue weighted by Gasteiger charge is 2.05. The van der Waals surface area contributed by atoms with Crippen molar-refractivity contribution in [1.82, 2.24) is 0 Å². The molecule has 0 bridgehead atoms. The van der Waals surface area contributed by atoms with Gasteiger partial charge in [-0.05, 0) is 6.92 Å². The van der Waals surface area contributed by atoms with Crippen LogP contribution in [0.25, 0.3) is 0 Å². The van der Waals surface area contributed by atoms with Gasteiger partial charge in [-0.15, -0.1) is 0 Å². The third-order valence-electron chi connectivity index (χ3n) is 0.759. The Hall–Kier alpha value is -1.19. The van der Waals surface area contributed by atoms with Gasteiger partial charge in [-0.3, -0.25) is 9.59 Å². The topological polar surface area (TPSA) is 60.4 Å². The largest absolute Gasteiger partial charge is 0.455 e. The minimum atomic E-state index is -0.757. The van der Waals surface area contributed by atoms with Gasteiger partial charge in [0.05, 0.1) is 0 Å². The molecule has 0 saturated carbocycles. The van der Waals surface area contributed by atoms with Crippen LogP contribution < -0.4 is 0 Å². The summed E-state index contributed by atoms with van der Waals surface area (Å²) in [6.45, 7) is 1.43. The van der Waals surface area contributed by atoms with E-state index < -0.39 is 12.1 Å². The number of hydrogen-bond donors (Lipinski definition) is 0. The summed E-state index contributed by atoms with van der Waals surface area (Å²) in [7, 11) is 0. The van der Waals surface area contributed by atoms with Crippen LogP contribution in [0, 0.1) is 0 Å². The minimum Gasteiger partial charge on any atom is -0.455 e. The van der Waals surface area contributed by atoms with Crippen LogP contribution in [0.2, 0.25) is 0 Å². The molecule has 4 nitrogen and oxygen atoms in total. The number of carbonyl (C=O) groups is 3. The summed E-state index contributed by atoms with van der Waals surface area (Å²) < 4.78 is 4.40. The highest BCUT2D eigenvalue weighted by atomic mass is 16.5. The standard InChI is InChI=1S/C6H8O4/c1-5(4-8)10-6(9)2-3-7/h3-5H,2H2,1H3. The first-order valence-electron chi connectivity index (χ1n) is 2.79. The molecule has 0 amide bonds. The third-order valence-corrected chi connectivity index (χ3v) is 0.759. The second kappa shape index (κ2) is 4.67. The Morgan fingerprint density at radius 2 is 2.20 bits per heavy atom. The Balaban J connectivity index is 3.56. The molecule has 0 N–H and O–H groups in total. The van der Waals surface area contributed by atoms with E-state index in [1.54, 1.807) is 0 Å². The lowest BCUT2D eigenvalue weighted by molar-refractivity contribution is -0.151. The predicted octanol–water partition coefficient (Wildman–Crippen LogP) is -0.294. The van der Waals surface area contributed by atoms with Crippen LogP contribution in [-0.2, 0) is 19.1 Å². The van der Waals surface area contributed by atoms with Crippen molar-refractivity contribution in [2.75, 3.05) is 0 Å². The van der Waals surface area contributed by atoms with E-state index in [-0.39, 0.29) is 6.42 Å². The zero-order valence-electron chi connectivity index (χ0n) is 5.57. The Labute approximate surface area is 58.2 Å². The molecule has 4 heteroatoms. The van der Waals surface area contributed by atoms with E-state index in [1.807, 2.05) is 0 Å². The van der Waals surface area contributed by atoms with Crippen LogP contribution >= 0.6 is 0 Å². The van der Waals surface area contributed by atoms with Crippen molar-refractivity contribution in [3.8, 4) is 0 Å². The van der Waals surface area contributed by atoms with Crippen molar-refractivity contribution in [2.24, 2.45) is 0 Å². The smallest absolute Gasteiger partial charge is 0.313 e. The van der Waals surface area contributed by atoms with Crippen LogP contribution in [0.4, 0.5) is 0 Å². The van der Waals surface area contributed by atoms with Gasteiger partial charge >= 0.3 is 5.97 Å². The number of aldehydes is 2. The van der Waals surface area contributed by atoms with E-state index in [2.05, 4.69) is 4.74 Å². The van der Waals surface area contributed by atoms with Gasteiger partial charge in [0.1, 0.15) is 12.7 Å². The lowest BCUT2D eigenvalue weighted by Crippen LogP contribution is -2.15. The quantitative estimate of drug-likeness (QED) is 0.309. The van der Waals surface area contributed by atoms with Gasteiger partial charge in [0.2, 0.25) is 0 Å². The predicted molar refractivity (Wildman–Crippen MR) is 32.3 cm³/mol. The average Bonchev–Trinajstić information content (AvgIpc) is 1.88.